The van der Waals surface area contributed by atoms with Gasteiger partial charge in [-0.3, -0.25) is 10.7 Å². The molecule has 3 nitrogen and oxygen atoms in total. The monoisotopic (exact) mass is 193 g/mol. The molecule has 0 saturated heterocycles. The van der Waals surface area contributed by atoms with Gasteiger partial charge in [-0.2, -0.15) is 0 Å². The van der Waals surface area contributed by atoms with Crippen LogP contribution in [0.5, 0.6) is 0 Å². The SMILES string of the molecule is Cc1ccc(C(NN)N(C)C)c(C)c1. The van der Waals surface area contributed by atoms with Crippen molar-refractivity contribution in [3.8, 4) is 0 Å². The molecule has 3 N–H and O–H groups in total. The number of nitrogens with zero attached hydrogens (tertiary/aromatic N) is 1. The van der Waals surface area contributed by atoms with Gasteiger partial charge in [-0.1, -0.05) is 23.8 Å². The number of hydrogen-bond donors (Lipinski definition) is 2. The highest BCUT2D eigenvalue weighted by Crippen LogP contribution is 2.19. The zero-order valence-electron chi connectivity index (χ0n) is 9.33. The van der Waals surface area contributed by atoms with Crippen LogP contribution in [0.3, 0.4) is 0 Å². The second kappa shape index (κ2) is 4.55. The van der Waals surface area contributed by atoms with E-state index in [-0.39, 0.29) is 6.17 Å². The van der Waals surface area contributed by atoms with Crippen LogP contribution in [0.15, 0.2) is 18.2 Å². The molecule has 1 unspecified atom stereocenters. The summed E-state index contributed by atoms with van der Waals surface area (Å²) in [5.74, 6) is 5.52. The van der Waals surface area contributed by atoms with Crippen molar-refractivity contribution >= 4 is 0 Å². The molecular formula is C11H19N3. The lowest BCUT2D eigenvalue weighted by atomic mass is 10.0. The zero-order chi connectivity index (χ0) is 10.7. The van der Waals surface area contributed by atoms with Gasteiger partial charge in [0.15, 0.2) is 0 Å². The van der Waals surface area contributed by atoms with Gasteiger partial charge in [0, 0.05) is 0 Å². The van der Waals surface area contributed by atoms with Crippen LogP contribution in [0.2, 0.25) is 0 Å². The zero-order valence-corrected chi connectivity index (χ0v) is 9.33. The predicted molar refractivity (Wildman–Crippen MR) is 59.7 cm³/mol. The molecule has 1 rings (SSSR count). The first-order valence-corrected chi connectivity index (χ1v) is 4.76. The van der Waals surface area contributed by atoms with Crippen molar-refractivity contribution in [3.63, 3.8) is 0 Å². The molecule has 0 heterocycles. The lowest BCUT2D eigenvalue weighted by molar-refractivity contribution is 0.252. The average molecular weight is 193 g/mol. The normalized spacial score (nSPS) is 13.3. The van der Waals surface area contributed by atoms with E-state index in [4.69, 9.17) is 5.84 Å². The Labute approximate surface area is 85.9 Å². The summed E-state index contributed by atoms with van der Waals surface area (Å²) in [5.41, 5.74) is 6.57. The molecule has 0 aliphatic rings. The van der Waals surface area contributed by atoms with E-state index < -0.39 is 0 Å². The highest BCUT2D eigenvalue weighted by molar-refractivity contribution is 5.32. The van der Waals surface area contributed by atoms with Crippen LogP contribution in [-0.2, 0) is 0 Å². The number of nitrogens with one attached hydrogen (secondary N) is 1. The Morgan fingerprint density at radius 2 is 1.93 bits per heavy atom. The molecule has 0 bridgehead atoms. The minimum Gasteiger partial charge on any atom is -0.289 e. The summed E-state index contributed by atoms with van der Waals surface area (Å²) in [6, 6.07) is 6.40. The van der Waals surface area contributed by atoms with Gasteiger partial charge in [0.1, 0.15) is 0 Å². The summed E-state index contributed by atoms with van der Waals surface area (Å²) in [6.45, 7) is 4.20. The van der Waals surface area contributed by atoms with Crippen LogP contribution in [0, 0.1) is 13.8 Å². The van der Waals surface area contributed by atoms with E-state index in [0.29, 0.717) is 0 Å². The van der Waals surface area contributed by atoms with Crippen molar-refractivity contribution in [1.29, 1.82) is 0 Å². The lowest BCUT2D eigenvalue weighted by Gasteiger charge is -2.25. The molecule has 1 atom stereocenters. The van der Waals surface area contributed by atoms with Gasteiger partial charge >= 0.3 is 0 Å². The van der Waals surface area contributed by atoms with E-state index in [1.165, 1.54) is 16.7 Å². The molecule has 0 aliphatic heterocycles. The molecule has 0 fully saturated rings. The molecule has 14 heavy (non-hydrogen) atoms. The summed E-state index contributed by atoms with van der Waals surface area (Å²) >= 11 is 0. The molecule has 0 amide bonds. The first kappa shape index (κ1) is 11.2. The van der Waals surface area contributed by atoms with Crippen LogP contribution in [0.1, 0.15) is 22.9 Å². The minimum absolute atomic E-state index is 0.0793. The molecular weight excluding hydrogens is 174 g/mol. The number of hydrazine groups is 1. The average Bonchev–Trinajstić information content (AvgIpc) is 2.09. The summed E-state index contributed by atoms with van der Waals surface area (Å²) in [7, 11) is 4.01. The van der Waals surface area contributed by atoms with Crippen molar-refractivity contribution in [2.45, 2.75) is 20.0 Å². The first-order valence-electron chi connectivity index (χ1n) is 4.76. The van der Waals surface area contributed by atoms with Gasteiger partial charge in [0.25, 0.3) is 0 Å². The molecule has 3 heteroatoms. The van der Waals surface area contributed by atoms with Crippen molar-refractivity contribution in [3.05, 3.63) is 34.9 Å². The highest BCUT2D eigenvalue weighted by Gasteiger charge is 2.13. The Morgan fingerprint density at radius 1 is 1.29 bits per heavy atom. The Bertz CT molecular complexity index is 307. The van der Waals surface area contributed by atoms with Gasteiger partial charge in [-0.15, -0.1) is 0 Å². The van der Waals surface area contributed by atoms with Gasteiger partial charge < -0.3 is 0 Å². The summed E-state index contributed by atoms with van der Waals surface area (Å²) in [4.78, 5) is 2.05. The standard InChI is InChI=1S/C11H19N3/c1-8-5-6-10(9(2)7-8)11(13-12)14(3)4/h5-7,11,13H,12H2,1-4H3. The fraction of sp³-hybridized carbons (Fsp3) is 0.455. The van der Waals surface area contributed by atoms with Crippen molar-refractivity contribution in [1.82, 2.24) is 10.3 Å². The smallest absolute Gasteiger partial charge is 0.0983 e. The summed E-state index contributed by atoms with van der Waals surface area (Å²) in [5, 5.41) is 0. The number of rotatable bonds is 3. The molecule has 1 aromatic carbocycles. The van der Waals surface area contributed by atoms with Crippen LogP contribution in [-0.4, -0.2) is 19.0 Å². The van der Waals surface area contributed by atoms with Gasteiger partial charge in [0.2, 0.25) is 0 Å². The lowest BCUT2D eigenvalue weighted by Crippen LogP contribution is -2.38. The maximum absolute atomic E-state index is 5.52. The Hall–Kier alpha value is -0.900. The molecule has 1 aromatic rings. The topological polar surface area (TPSA) is 41.3 Å². The fourth-order valence-corrected chi connectivity index (χ4v) is 1.65. The Morgan fingerprint density at radius 3 is 2.36 bits per heavy atom. The van der Waals surface area contributed by atoms with Gasteiger partial charge in [0.05, 0.1) is 6.17 Å². The van der Waals surface area contributed by atoms with Crippen LogP contribution in [0.25, 0.3) is 0 Å². The summed E-state index contributed by atoms with van der Waals surface area (Å²) in [6.07, 6.45) is 0.0793. The number of benzene rings is 1. The number of hydrogen-bond acceptors (Lipinski definition) is 3. The largest absolute Gasteiger partial charge is 0.289 e. The molecule has 0 aliphatic carbocycles. The van der Waals surface area contributed by atoms with E-state index in [2.05, 4.69) is 42.4 Å². The van der Waals surface area contributed by atoms with Crippen LogP contribution >= 0.6 is 0 Å². The third-order valence-electron chi connectivity index (χ3n) is 2.39. The molecule has 78 valence electrons. The number of nitrogens with two attached hydrogens (primary N) is 1. The quantitative estimate of drug-likeness (QED) is 0.432. The van der Waals surface area contributed by atoms with Gasteiger partial charge in [-0.05, 0) is 39.1 Å². The summed E-state index contributed by atoms with van der Waals surface area (Å²) < 4.78 is 0. The first-order chi connectivity index (χ1) is 6.56. The van der Waals surface area contributed by atoms with Crippen molar-refractivity contribution in [2.75, 3.05) is 14.1 Å². The molecule has 0 radical (unpaired) electrons. The highest BCUT2D eigenvalue weighted by atomic mass is 15.4. The van der Waals surface area contributed by atoms with Crippen LogP contribution < -0.4 is 11.3 Å². The van der Waals surface area contributed by atoms with E-state index in [0.717, 1.165) is 0 Å². The minimum atomic E-state index is 0.0793. The third kappa shape index (κ3) is 2.32. The van der Waals surface area contributed by atoms with E-state index in [9.17, 15) is 0 Å². The van der Waals surface area contributed by atoms with Gasteiger partial charge in [-0.25, -0.2) is 5.43 Å². The maximum Gasteiger partial charge on any atom is 0.0983 e. The predicted octanol–water partition coefficient (Wildman–Crippen LogP) is 1.33. The molecule has 0 aromatic heterocycles. The number of aryl methyl sites for hydroxylation is 2. The Kier molecular flexibility index (Phi) is 3.63. The Balaban J connectivity index is 3.04. The second-order valence-electron chi connectivity index (χ2n) is 3.89. The fourth-order valence-electron chi connectivity index (χ4n) is 1.65. The van der Waals surface area contributed by atoms with E-state index >= 15 is 0 Å². The molecule has 0 saturated carbocycles. The van der Waals surface area contributed by atoms with Crippen molar-refractivity contribution < 1.29 is 0 Å². The second-order valence-corrected chi connectivity index (χ2v) is 3.89. The molecule has 0 spiro atoms. The third-order valence-corrected chi connectivity index (χ3v) is 2.39. The maximum atomic E-state index is 5.52. The van der Waals surface area contributed by atoms with Crippen LogP contribution in [0.4, 0.5) is 0 Å². The van der Waals surface area contributed by atoms with E-state index in [1.54, 1.807) is 0 Å². The van der Waals surface area contributed by atoms with Crippen molar-refractivity contribution in [2.24, 2.45) is 5.84 Å². The van der Waals surface area contributed by atoms with E-state index in [1.807, 2.05) is 14.1 Å².